The van der Waals surface area contributed by atoms with Gasteiger partial charge in [0.15, 0.2) is 0 Å². The Morgan fingerprint density at radius 3 is 0.984 bits per heavy atom. The molecule has 0 aromatic rings. The Morgan fingerprint density at radius 2 is 0.922 bits per heavy atom. The molecule has 5 rings (SSSR count). The number of hydrogen-bond acceptors (Lipinski definition) is 10. The number of hydrogen-bond donors (Lipinski definition) is 0. The van der Waals surface area contributed by atoms with Crippen LogP contribution in [-0.2, 0) is 52.1 Å². The van der Waals surface area contributed by atoms with Gasteiger partial charge in [-0.3, -0.25) is 12.6 Å². The Balaban J connectivity index is -0.000000112. The molecule has 3 aliphatic heterocycles. The van der Waals surface area contributed by atoms with Crippen molar-refractivity contribution >= 4 is 104 Å². The van der Waals surface area contributed by atoms with Crippen LogP contribution < -0.4 is 0 Å². The van der Waals surface area contributed by atoms with Crippen molar-refractivity contribution in [3.8, 4) is 0 Å². The van der Waals surface area contributed by atoms with Crippen molar-refractivity contribution in [2.45, 2.75) is 191 Å². The van der Waals surface area contributed by atoms with Crippen LogP contribution in [-0.4, -0.2) is 141 Å². The third kappa shape index (κ3) is 93.6. The molecule has 2 saturated carbocycles. The van der Waals surface area contributed by atoms with Crippen molar-refractivity contribution in [2.24, 2.45) is 0 Å². The molecular formula is C48H110O7S9. The Hall–Kier alpha value is 1.62. The van der Waals surface area contributed by atoms with Crippen LogP contribution in [0.15, 0.2) is 0 Å². The number of rotatable bonds is 12. The van der Waals surface area contributed by atoms with E-state index in [1.165, 1.54) is 137 Å². The van der Waals surface area contributed by atoms with Gasteiger partial charge in [-0.05, 0) is 105 Å². The molecule has 0 amide bonds. The van der Waals surface area contributed by atoms with Crippen LogP contribution >= 0.6 is 45.8 Å². The molecule has 0 radical (unpaired) electrons. The molecule has 1 unspecified atom stereocenters. The summed E-state index contributed by atoms with van der Waals surface area (Å²) in [4.78, 5) is 0. The van der Waals surface area contributed by atoms with Gasteiger partial charge < -0.3 is 0 Å². The lowest BCUT2D eigenvalue weighted by molar-refractivity contribution is 0.504. The molecule has 0 aromatic carbocycles. The Morgan fingerprint density at radius 1 is 0.578 bits per heavy atom. The summed E-state index contributed by atoms with van der Waals surface area (Å²) in [5.41, 5.74) is 0. The molecule has 0 N–H and O–H groups in total. The predicted octanol–water partition coefficient (Wildman–Crippen LogP) is 14.0. The fraction of sp³-hybridized carbons (Fsp3) is 0.979. The lowest BCUT2D eigenvalue weighted by atomic mass is 10.0. The van der Waals surface area contributed by atoms with Gasteiger partial charge >= 0.3 is 0 Å². The Kier molecular flexibility index (Phi) is 83.1. The van der Waals surface area contributed by atoms with E-state index >= 15 is 0 Å². The topological polar surface area (TPSA) is 119 Å². The van der Waals surface area contributed by atoms with Gasteiger partial charge in [0.1, 0.15) is 19.7 Å². The highest BCUT2D eigenvalue weighted by Gasteiger charge is 2.14. The fourth-order valence-corrected chi connectivity index (χ4v) is 11.1. The van der Waals surface area contributed by atoms with E-state index < -0.39 is 52.1 Å². The fourth-order valence-electron chi connectivity index (χ4n) is 4.68. The largest absolute Gasteiger partial charge is 0.260 e. The lowest BCUT2D eigenvalue weighted by Gasteiger charge is -2.14. The second-order valence-electron chi connectivity index (χ2n) is 15.4. The van der Waals surface area contributed by atoms with Gasteiger partial charge in [0, 0.05) is 79.4 Å². The van der Waals surface area contributed by atoms with Crippen molar-refractivity contribution in [3.63, 3.8) is 0 Å². The second-order valence-corrected chi connectivity index (χ2v) is 30.8. The summed E-state index contributed by atoms with van der Waals surface area (Å²) in [6.07, 6.45) is 33.3. The first kappa shape index (κ1) is 79.7. The molecule has 0 spiro atoms. The highest BCUT2D eigenvalue weighted by atomic mass is 32.2. The van der Waals surface area contributed by atoms with E-state index in [2.05, 4.69) is 46.1 Å². The minimum Gasteiger partial charge on any atom is -0.260 e. The van der Waals surface area contributed by atoms with E-state index in [4.69, 9.17) is 0 Å². The molecule has 0 bridgehead atoms. The van der Waals surface area contributed by atoms with Crippen molar-refractivity contribution < 1.29 is 29.5 Å². The van der Waals surface area contributed by atoms with Crippen molar-refractivity contribution in [1.29, 1.82) is 0 Å². The SMILES string of the molecule is C.C1CCC1.C1CCCCC1.C=S1CCC1.CCCS(C)(=O)=O.CCCS(C)=O.CCCSC.CCCSC.CCS(=O)CC.CCSCC.O=S1(=O)CCCCC1.O=S1CCCC1. The normalized spacial score (nSPS) is 17.1. The summed E-state index contributed by atoms with van der Waals surface area (Å²) in [5, 5.41) is 0. The third-order valence-corrected chi connectivity index (χ3v) is 19.6. The smallest absolute Gasteiger partial charge is 0.150 e. The molecule has 0 aromatic heterocycles. The van der Waals surface area contributed by atoms with E-state index in [1.54, 1.807) is 6.26 Å². The Labute approximate surface area is 426 Å². The molecule has 5 fully saturated rings. The van der Waals surface area contributed by atoms with Gasteiger partial charge in [-0.25, -0.2) is 16.8 Å². The molecule has 3 saturated heterocycles. The van der Waals surface area contributed by atoms with Crippen LogP contribution in [0.1, 0.15) is 191 Å². The van der Waals surface area contributed by atoms with Crippen molar-refractivity contribution in [3.05, 3.63) is 0 Å². The van der Waals surface area contributed by atoms with Gasteiger partial charge in [-0.2, -0.15) is 45.8 Å². The molecule has 398 valence electrons. The van der Waals surface area contributed by atoms with Crippen LogP contribution in [0.2, 0.25) is 0 Å². The first-order valence-corrected chi connectivity index (χ1v) is 38.5. The van der Waals surface area contributed by atoms with Crippen molar-refractivity contribution in [1.82, 2.24) is 0 Å². The summed E-state index contributed by atoms with van der Waals surface area (Å²) in [5.74, 6) is 17.3. The van der Waals surface area contributed by atoms with Crippen LogP contribution in [0.4, 0.5) is 0 Å². The maximum absolute atomic E-state index is 10.7. The standard InChI is InChI=1S/C6H12.C5H10O2S.C4H10O2S.C4H8OS.2C4H10OS.C4H8S.3C4H10S.C4H8.CH4/c1-2-4-6-5-3-1;6-8(7)4-2-1-3-5-8;1-3-4-7(2,5)6;5-6-3-1-2-4-6;1-3-4-6(2)5;1-3-6(5)4-2;1-5-3-2-4-5;2*1-3-4-5-2;1-3-5-4-2;1-2-4-3-1;/h1-6H2;1-5H2;3-4H2,1-2H3;1-4H2;2*3-4H2,1-2H3;1-4H2;3*3-4H2,1-2H3;1-4H2;1H4. The van der Waals surface area contributed by atoms with Crippen LogP contribution in [0.5, 0.6) is 0 Å². The molecule has 3 heterocycles. The minimum atomic E-state index is -2.67. The minimum absolute atomic E-state index is 0. The molecule has 64 heavy (non-hydrogen) atoms. The predicted molar refractivity (Wildman–Crippen MR) is 316 cm³/mol. The molecule has 1 atom stereocenters. The van der Waals surface area contributed by atoms with Gasteiger partial charge in [0.05, 0.1) is 11.5 Å². The second kappa shape index (κ2) is 66.7. The number of sulfone groups is 2. The zero-order chi connectivity index (χ0) is 49.5. The first-order valence-electron chi connectivity index (χ1n) is 24.3. The molecule has 7 nitrogen and oxygen atoms in total. The summed E-state index contributed by atoms with van der Waals surface area (Å²) in [6, 6.07) is 0. The molecule has 5 aliphatic rings. The van der Waals surface area contributed by atoms with Gasteiger partial charge in [0.2, 0.25) is 0 Å². The van der Waals surface area contributed by atoms with E-state index in [-0.39, 0.29) is 7.43 Å². The number of thioether (sulfide) groups is 3. The molecule has 16 heteroatoms. The van der Waals surface area contributed by atoms with Gasteiger partial charge in [0.25, 0.3) is 0 Å². The maximum Gasteiger partial charge on any atom is 0.150 e. The van der Waals surface area contributed by atoms with Crippen molar-refractivity contribution in [2.75, 3.05) is 106 Å². The van der Waals surface area contributed by atoms with Crippen LogP contribution in [0.25, 0.3) is 0 Å². The molecular weight excluding hydrogens is 977 g/mol. The quantitative estimate of drug-likeness (QED) is 0.175. The van der Waals surface area contributed by atoms with Crippen LogP contribution in [0, 0.1) is 0 Å². The lowest BCUT2D eigenvalue weighted by Crippen LogP contribution is -2.15. The third-order valence-electron chi connectivity index (χ3n) is 8.71. The molecule has 2 aliphatic carbocycles. The first-order chi connectivity index (χ1) is 29.9. The highest BCUT2D eigenvalue weighted by molar-refractivity contribution is 8.15. The van der Waals surface area contributed by atoms with E-state index in [0.717, 1.165) is 60.9 Å². The summed E-state index contributed by atoms with van der Waals surface area (Å²) in [7, 11) is -6.17. The Bertz CT molecular complexity index is 1110. The van der Waals surface area contributed by atoms with Crippen LogP contribution in [0.3, 0.4) is 0 Å². The monoisotopic (exact) mass is 1090 g/mol. The zero-order valence-electron chi connectivity index (χ0n) is 43.3. The summed E-state index contributed by atoms with van der Waals surface area (Å²) < 4.78 is 72.6. The zero-order valence-corrected chi connectivity index (χ0v) is 50.6. The summed E-state index contributed by atoms with van der Waals surface area (Å²) in [6.45, 7) is 16.5. The average molecular weight is 1090 g/mol. The van der Waals surface area contributed by atoms with E-state index in [9.17, 15) is 29.5 Å². The van der Waals surface area contributed by atoms with Gasteiger partial charge in [-0.1, -0.05) is 139 Å². The maximum atomic E-state index is 10.7. The van der Waals surface area contributed by atoms with E-state index in [0.29, 0.717) is 27.7 Å². The highest BCUT2D eigenvalue weighted by Crippen LogP contribution is 2.22. The summed E-state index contributed by atoms with van der Waals surface area (Å²) >= 11 is 5.77. The van der Waals surface area contributed by atoms with E-state index in [1.807, 2.05) is 63.0 Å². The van der Waals surface area contributed by atoms with Gasteiger partial charge in [-0.15, -0.1) is 0 Å². The average Bonchev–Trinajstić information content (AvgIpc) is 3.70.